The van der Waals surface area contributed by atoms with E-state index in [0.717, 1.165) is 38.5 Å². The average molecular weight is 1460 g/mol. The molecule has 4 aliphatic rings. The van der Waals surface area contributed by atoms with Gasteiger partial charge in [0.1, 0.15) is 64.6 Å². The number of aliphatic hydroxyl groups is 1. The molecule has 4 aliphatic heterocycles. The first kappa shape index (κ1) is 86.5. The number of carbonyl (C=O) groups excluding carboxylic acids is 4. The highest BCUT2D eigenvalue weighted by molar-refractivity contribution is 6.65. The first-order chi connectivity index (χ1) is 46.8. The highest BCUT2D eigenvalue weighted by Crippen LogP contribution is 2.46. The second-order valence-corrected chi connectivity index (χ2v) is 24.5. The molecule has 29 heteroatoms. The van der Waals surface area contributed by atoms with Crippen LogP contribution in [0.25, 0.3) is 0 Å². The molecule has 0 aliphatic carbocycles. The van der Waals surface area contributed by atoms with Crippen LogP contribution in [0.15, 0.2) is 109 Å². The van der Waals surface area contributed by atoms with Gasteiger partial charge < -0.3 is 85.6 Å². The van der Waals surface area contributed by atoms with E-state index >= 15 is 0 Å². The monoisotopic (exact) mass is 1460 g/mol. The maximum absolute atomic E-state index is 14.9. The molecule has 0 spiro atoms. The molecule has 0 saturated carbocycles. The number of methoxy groups -OCH3 is 6. The fourth-order valence-electron chi connectivity index (χ4n) is 11.4. The lowest BCUT2D eigenvalue weighted by atomic mass is 9.92. The van der Waals surface area contributed by atoms with E-state index in [1.54, 1.807) is 39.0 Å². The van der Waals surface area contributed by atoms with Crippen molar-refractivity contribution in [3.05, 3.63) is 143 Å². The molecule has 4 heterocycles. The van der Waals surface area contributed by atoms with E-state index in [9.17, 15) is 50.6 Å². The van der Waals surface area contributed by atoms with Crippen molar-refractivity contribution in [2.75, 3.05) is 69.8 Å². The van der Waals surface area contributed by atoms with Crippen molar-refractivity contribution in [1.82, 2.24) is 0 Å². The Kier molecular flexibility index (Phi) is 33.5. The van der Waals surface area contributed by atoms with Gasteiger partial charge in [-0.2, -0.15) is 26.3 Å². The van der Waals surface area contributed by atoms with E-state index in [-0.39, 0.29) is 119 Å². The predicted octanol–water partition coefficient (Wildman–Crippen LogP) is 13.5. The Hall–Kier alpha value is -6.93. The van der Waals surface area contributed by atoms with Crippen LogP contribution in [0.1, 0.15) is 138 Å². The summed E-state index contributed by atoms with van der Waals surface area (Å²) in [5.41, 5.74) is -6.37. The van der Waals surface area contributed by atoms with Crippen molar-refractivity contribution in [1.29, 1.82) is 0 Å². The zero-order valence-electron chi connectivity index (χ0n) is 57.2. The van der Waals surface area contributed by atoms with Crippen molar-refractivity contribution in [3.63, 3.8) is 0 Å². The van der Waals surface area contributed by atoms with Crippen LogP contribution in [-0.2, 0) is 95.2 Å². The lowest BCUT2D eigenvalue weighted by Gasteiger charge is -2.34. The molecule has 8 rings (SSSR count). The molecule has 101 heavy (non-hydrogen) atoms. The number of benzene rings is 4. The number of halogens is 7. The van der Waals surface area contributed by atoms with E-state index in [1.165, 1.54) is 77.0 Å². The smallest absolute Gasteiger partial charge is 0.432 e. The van der Waals surface area contributed by atoms with Gasteiger partial charge in [0.25, 0.3) is 16.4 Å². The van der Waals surface area contributed by atoms with E-state index in [4.69, 9.17) is 87.4 Å². The summed E-state index contributed by atoms with van der Waals surface area (Å²) in [5, 5.41) is 9.27. The van der Waals surface area contributed by atoms with Crippen LogP contribution in [0, 0.1) is 0 Å². The second-order valence-electron chi connectivity index (χ2n) is 24.2. The van der Waals surface area contributed by atoms with Gasteiger partial charge in [-0.1, -0.05) is 99.8 Å². The molecular weight excluding hydrogens is 1370 g/mol. The molecule has 0 bridgehead atoms. The number of carbonyl (C=O) groups is 4. The molecular formula is C72H95ClF6O22. The summed E-state index contributed by atoms with van der Waals surface area (Å²) >= 11 is 5.04. The van der Waals surface area contributed by atoms with Crippen molar-refractivity contribution < 1.29 is 131 Å². The Balaban J connectivity index is 0.000000359. The maximum atomic E-state index is 14.9. The number of aliphatic hydroxyl groups excluding tert-OH is 1. The SMILES string of the molecule is C.C.COC(C(=O)Cl)(c1ccccc1)C(F)(F)F.COCOc1cc2c(c(OCOC)c1)C(=O)O[C@@H](C)C/C=C/[C@H]1OC(C)(C)O[C@H]1CC[C@H](O)C2.COCOc1cc2c(c(OCOC)c1)C(=O)O[C@@H](C)C/C=C/[C@H]1OC(C)(C)O[C@H]1CC[C@H](OC(=O)C(OC)(c1ccccc1)C(F)(F)F)C2. The lowest BCUT2D eigenvalue weighted by molar-refractivity contribution is -0.278. The zero-order chi connectivity index (χ0) is 72.9. The Morgan fingerprint density at radius 2 is 0.931 bits per heavy atom. The van der Waals surface area contributed by atoms with Crippen LogP contribution in [0.3, 0.4) is 0 Å². The molecule has 10 atom stereocenters. The Morgan fingerprint density at radius 1 is 0.545 bits per heavy atom. The third kappa shape index (κ3) is 23.0. The molecule has 0 aromatic heterocycles. The number of ether oxygens (including phenoxy) is 17. The molecule has 2 unspecified atom stereocenters. The number of hydrogen-bond donors (Lipinski definition) is 1. The Bertz CT molecular complexity index is 3320. The summed E-state index contributed by atoms with van der Waals surface area (Å²) in [7, 11) is 7.41. The summed E-state index contributed by atoms with van der Waals surface area (Å²) in [6.45, 7) is 10.3. The van der Waals surface area contributed by atoms with Crippen molar-refractivity contribution >= 4 is 34.8 Å². The minimum atomic E-state index is -5.20. The highest BCUT2D eigenvalue weighted by Gasteiger charge is 2.65. The molecule has 2 saturated heterocycles. The fraction of sp³-hybridized carbons (Fsp3) is 0.556. The summed E-state index contributed by atoms with van der Waals surface area (Å²) in [5.74, 6) is -3.72. The molecule has 0 radical (unpaired) electrons. The number of cyclic esters (lactones) is 2. The van der Waals surface area contributed by atoms with E-state index < -0.39 is 100 Å². The van der Waals surface area contributed by atoms with Gasteiger partial charge in [-0.25, -0.2) is 14.4 Å². The summed E-state index contributed by atoms with van der Waals surface area (Å²) in [4.78, 5) is 51.9. The highest BCUT2D eigenvalue weighted by atomic mass is 35.5. The maximum Gasteiger partial charge on any atom is 0.432 e. The summed E-state index contributed by atoms with van der Waals surface area (Å²) in [6, 6.07) is 19.3. The number of rotatable bonds is 19. The molecule has 22 nitrogen and oxygen atoms in total. The topological polar surface area (TPSA) is 245 Å². The van der Waals surface area contributed by atoms with Gasteiger partial charge in [-0.15, -0.1) is 0 Å². The standard InChI is InChI=1S/C35H43F3O11.C25H36O9.C10H8ClF3O2.2CH4/c1-22-11-10-14-27-28(49-33(2,3)48-27)16-15-25(47-32(40)34(43-6,35(36,37)38)24-12-8-7-9-13-24)17-23-18-26(44-20-41-4)19-29(45-21-42-5)30(23)31(39)46-22;1-16-7-6-8-20-21(34-25(2,3)33-20)10-9-18(26)11-17-12-19(30-14-28-4)13-22(31-15-29-5)23(17)24(27)32-16;1-16-9(8(11)15,10(12,13)14)7-5-3-2-4-6-7;;/h7-10,12-14,18-19,22,25,27-28H,11,15-17,20-21H2,1-6H3;6,8,12-13,16,18,20-21,26H,7,9-11,14-15H2,1-5H3;2-6H,1H3;2*1H4/b14-10+;8-6+;;;/t22-,25-,27+,28-,34?;16-,18-,20+,21-;;;/m00.../s1. The van der Waals surface area contributed by atoms with Crippen LogP contribution in [0.2, 0.25) is 0 Å². The van der Waals surface area contributed by atoms with Crippen LogP contribution in [0.5, 0.6) is 23.0 Å². The minimum absolute atomic E-state index is 0. The predicted molar refractivity (Wildman–Crippen MR) is 356 cm³/mol. The number of esters is 3. The van der Waals surface area contributed by atoms with Crippen LogP contribution in [-0.4, -0.2) is 171 Å². The van der Waals surface area contributed by atoms with Crippen molar-refractivity contribution in [3.8, 4) is 23.0 Å². The number of fused-ring (bicyclic) bond motifs is 4. The van der Waals surface area contributed by atoms with Crippen LogP contribution >= 0.6 is 11.6 Å². The third-order valence-electron chi connectivity index (χ3n) is 15.8. The van der Waals surface area contributed by atoms with E-state index in [1.807, 2.05) is 39.0 Å². The molecule has 1 N–H and O–H groups in total. The first-order valence-corrected chi connectivity index (χ1v) is 31.9. The average Bonchev–Trinajstić information content (AvgIpc) is 1.26. The van der Waals surface area contributed by atoms with Gasteiger partial charge in [0, 0.05) is 85.2 Å². The zero-order valence-corrected chi connectivity index (χ0v) is 57.9. The quantitative estimate of drug-likeness (QED) is 0.0229. The number of hydrogen-bond acceptors (Lipinski definition) is 22. The molecule has 4 aromatic carbocycles. The van der Waals surface area contributed by atoms with Gasteiger partial charge in [0.2, 0.25) is 0 Å². The summed E-state index contributed by atoms with van der Waals surface area (Å²) < 4.78 is 177. The van der Waals surface area contributed by atoms with Gasteiger partial charge >= 0.3 is 30.3 Å². The van der Waals surface area contributed by atoms with E-state index in [0.29, 0.717) is 37.0 Å². The Labute approximate surface area is 590 Å². The Morgan fingerprint density at radius 3 is 1.32 bits per heavy atom. The van der Waals surface area contributed by atoms with Gasteiger partial charge in [-0.05, 0) is 109 Å². The largest absolute Gasteiger partial charge is 0.467 e. The van der Waals surface area contributed by atoms with Crippen LogP contribution < -0.4 is 18.9 Å². The normalized spacial score (nSPS) is 24.0. The molecule has 0 amide bonds. The number of alkyl halides is 6. The molecule has 4 aromatic rings. The van der Waals surface area contributed by atoms with Gasteiger partial charge in [0.05, 0.1) is 18.3 Å². The summed E-state index contributed by atoms with van der Waals surface area (Å²) in [6.07, 6.45) is -4.97. The fourth-order valence-corrected chi connectivity index (χ4v) is 11.7. The van der Waals surface area contributed by atoms with Crippen LogP contribution in [0.4, 0.5) is 26.3 Å². The van der Waals surface area contributed by atoms with Crippen molar-refractivity contribution in [2.45, 2.75) is 192 Å². The lowest BCUT2D eigenvalue weighted by Crippen LogP contribution is -2.52. The van der Waals surface area contributed by atoms with Gasteiger partial charge in [0.15, 0.2) is 38.7 Å². The first-order valence-electron chi connectivity index (χ1n) is 31.5. The van der Waals surface area contributed by atoms with Crippen molar-refractivity contribution in [2.24, 2.45) is 0 Å². The third-order valence-corrected chi connectivity index (χ3v) is 16.1. The molecule has 2 fully saturated rings. The minimum Gasteiger partial charge on any atom is -0.467 e. The van der Waals surface area contributed by atoms with E-state index in [2.05, 4.69) is 4.74 Å². The second kappa shape index (κ2) is 39.1. The molecule has 564 valence electrons. The van der Waals surface area contributed by atoms with Gasteiger partial charge in [-0.3, -0.25) is 4.79 Å².